The molecular weight excluding hydrogens is 460 g/mol. The third kappa shape index (κ3) is 4.47. The van der Waals surface area contributed by atoms with Gasteiger partial charge in [-0.25, -0.2) is 4.98 Å². The number of thiophene rings is 1. The zero-order valence-corrected chi connectivity index (χ0v) is 20.3. The molecule has 8 heteroatoms. The SMILES string of the molecule is COc1cc(CN(C(=O)c2sc3cc(C)ccc3c2Cl)c2ccccn2)cc(OC)c1OC. The second kappa shape index (κ2) is 9.68. The van der Waals surface area contributed by atoms with Crippen LogP contribution in [0.1, 0.15) is 20.8 Å². The van der Waals surface area contributed by atoms with Gasteiger partial charge in [0, 0.05) is 16.3 Å². The molecule has 1 amide bonds. The van der Waals surface area contributed by atoms with E-state index in [4.69, 9.17) is 25.8 Å². The molecule has 0 aliphatic rings. The van der Waals surface area contributed by atoms with E-state index in [1.54, 1.807) is 44.6 Å². The smallest absolute Gasteiger partial charge is 0.271 e. The monoisotopic (exact) mass is 482 g/mol. The predicted molar refractivity (Wildman–Crippen MR) is 132 cm³/mol. The van der Waals surface area contributed by atoms with Crippen molar-refractivity contribution in [3.8, 4) is 17.2 Å². The molecule has 0 unspecified atom stereocenters. The van der Waals surface area contributed by atoms with Gasteiger partial charge in [0.25, 0.3) is 5.91 Å². The largest absolute Gasteiger partial charge is 0.493 e. The van der Waals surface area contributed by atoms with Crippen molar-refractivity contribution in [1.29, 1.82) is 0 Å². The van der Waals surface area contributed by atoms with Gasteiger partial charge in [0.1, 0.15) is 10.7 Å². The highest BCUT2D eigenvalue weighted by molar-refractivity contribution is 7.21. The van der Waals surface area contributed by atoms with Crippen molar-refractivity contribution in [3.05, 3.63) is 75.8 Å². The van der Waals surface area contributed by atoms with E-state index in [2.05, 4.69) is 4.98 Å². The van der Waals surface area contributed by atoms with Gasteiger partial charge in [-0.05, 0) is 48.4 Å². The fourth-order valence-electron chi connectivity index (χ4n) is 3.61. The highest BCUT2D eigenvalue weighted by Gasteiger charge is 2.26. The first-order valence-electron chi connectivity index (χ1n) is 10.2. The van der Waals surface area contributed by atoms with Crippen molar-refractivity contribution in [2.45, 2.75) is 13.5 Å². The van der Waals surface area contributed by atoms with E-state index in [-0.39, 0.29) is 12.5 Å². The van der Waals surface area contributed by atoms with Crippen LogP contribution in [0.5, 0.6) is 17.2 Å². The van der Waals surface area contributed by atoms with Crippen molar-refractivity contribution < 1.29 is 19.0 Å². The topological polar surface area (TPSA) is 60.9 Å². The van der Waals surface area contributed by atoms with Gasteiger partial charge in [-0.15, -0.1) is 11.3 Å². The van der Waals surface area contributed by atoms with Gasteiger partial charge in [0.2, 0.25) is 5.75 Å². The van der Waals surface area contributed by atoms with Crippen LogP contribution in [0.25, 0.3) is 10.1 Å². The molecule has 0 radical (unpaired) electrons. The summed E-state index contributed by atoms with van der Waals surface area (Å²) in [4.78, 5) is 20.3. The quantitative estimate of drug-likeness (QED) is 0.317. The van der Waals surface area contributed by atoms with Crippen molar-refractivity contribution in [3.63, 3.8) is 0 Å². The lowest BCUT2D eigenvalue weighted by atomic mass is 10.1. The molecule has 2 aromatic heterocycles. The first-order valence-corrected chi connectivity index (χ1v) is 11.4. The molecule has 4 rings (SSSR count). The van der Waals surface area contributed by atoms with E-state index in [0.29, 0.717) is 33.0 Å². The van der Waals surface area contributed by atoms with Crippen LogP contribution in [0.4, 0.5) is 5.82 Å². The molecular formula is C25H23ClN2O4S. The molecule has 4 aromatic rings. The summed E-state index contributed by atoms with van der Waals surface area (Å²) in [6.45, 7) is 2.25. The fourth-order valence-corrected chi connectivity index (χ4v) is 5.17. The summed E-state index contributed by atoms with van der Waals surface area (Å²) >= 11 is 8.04. The number of aryl methyl sites for hydroxylation is 1. The lowest BCUT2D eigenvalue weighted by Gasteiger charge is -2.22. The molecule has 0 aliphatic carbocycles. The Kier molecular flexibility index (Phi) is 6.72. The highest BCUT2D eigenvalue weighted by atomic mass is 35.5. The number of fused-ring (bicyclic) bond motifs is 1. The molecule has 2 heterocycles. The van der Waals surface area contributed by atoms with Crippen LogP contribution < -0.4 is 19.1 Å². The summed E-state index contributed by atoms with van der Waals surface area (Å²) in [5, 5.41) is 1.31. The molecule has 0 saturated heterocycles. The number of ether oxygens (including phenoxy) is 3. The Balaban J connectivity index is 1.79. The summed E-state index contributed by atoms with van der Waals surface area (Å²) in [7, 11) is 4.67. The predicted octanol–water partition coefficient (Wildman–Crippen LogP) is 6.13. The van der Waals surface area contributed by atoms with Crippen LogP contribution >= 0.6 is 22.9 Å². The Morgan fingerprint density at radius 1 is 1.03 bits per heavy atom. The Hall–Kier alpha value is -3.29. The van der Waals surface area contributed by atoms with E-state index in [1.807, 2.05) is 43.3 Å². The third-order valence-corrected chi connectivity index (χ3v) is 6.86. The molecule has 170 valence electrons. The summed E-state index contributed by atoms with van der Waals surface area (Å²) in [5.74, 6) is 1.79. The fraction of sp³-hybridized carbons (Fsp3) is 0.200. The van der Waals surface area contributed by atoms with E-state index in [1.165, 1.54) is 11.3 Å². The van der Waals surface area contributed by atoms with Crippen molar-refractivity contribution in [2.75, 3.05) is 26.2 Å². The standard InChI is InChI=1S/C25H23ClN2O4S/c1-15-8-9-17-20(11-15)33-24(22(17)26)25(29)28(21-7-5-6-10-27-21)14-16-12-18(30-2)23(32-4)19(13-16)31-3/h5-13H,14H2,1-4H3. The molecule has 0 fully saturated rings. The van der Waals surface area contributed by atoms with E-state index in [0.717, 1.165) is 21.2 Å². The molecule has 33 heavy (non-hydrogen) atoms. The van der Waals surface area contributed by atoms with Gasteiger partial charge < -0.3 is 14.2 Å². The average molecular weight is 483 g/mol. The maximum Gasteiger partial charge on any atom is 0.271 e. The number of nitrogens with zero attached hydrogens (tertiary/aromatic N) is 2. The second-order valence-electron chi connectivity index (χ2n) is 7.36. The van der Waals surface area contributed by atoms with Crippen LogP contribution in [0, 0.1) is 6.92 Å². The van der Waals surface area contributed by atoms with Gasteiger partial charge in [0.15, 0.2) is 11.5 Å². The Morgan fingerprint density at radius 2 is 1.76 bits per heavy atom. The number of methoxy groups -OCH3 is 3. The molecule has 0 saturated carbocycles. The van der Waals surface area contributed by atoms with E-state index >= 15 is 0 Å². The Morgan fingerprint density at radius 3 is 2.36 bits per heavy atom. The minimum atomic E-state index is -0.230. The number of carbonyl (C=O) groups is 1. The van der Waals surface area contributed by atoms with Crippen LogP contribution in [0.3, 0.4) is 0 Å². The number of anilines is 1. The zero-order chi connectivity index (χ0) is 23.5. The van der Waals surface area contributed by atoms with Gasteiger partial charge >= 0.3 is 0 Å². The highest BCUT2D eigenvalue weighted by Crippen LogP contribution is 2.40. The van der Waals surface area contributed by atoms with Gasteiger partial charge in [0.05, 0.1) is 32.9 Å². The number of carbonyl (C=O) groups excluding carboxylic acids is 1. The maximum atomic E-state index is 13.8. The average Bonchev–Trinajstić information content (AvgIpc) is 3.17. The number of halogens is 1. The van der Waals surface area contributed by atoms with Crippen molar-refractivity contribution in [1.82, 2.24) is 4.98 Å². The molecule has 0 atom stereocenters. The van der Waals surface area contributed by atoms with Crippen LogP contribution in [0.15, 0.2) is 54.7 Å². The maximum absolute atomic E-state index is 13.8. The number of hydrogen-bond acceptors (Lipinski definition) is 6. The first-order chi connectivity index (χ1) is 16.0. The Labute approximate surface area is 201 Å². The second-order valence-corrected chi connectivity index (χ2v) is 8.79. The normalized spacial score (nSPS) is 10.8. The molecule has 0 spiro atoms. The number of rotatable bonds is 7. The van der Waals surface area contributed by atoms with Crippen LogP contribution in [0.2, 0.25) is 5.02 Å². The molecule has 2 aromatic carbocycles. The number of hydrogen-bond donors (Lipinski definition) is 0. The zero-order valence-electron chi connectivity index (χ0n) is 18.7. The lowest BCUT2D eigenvalue weighted by molar-refractivity contribution is 0.0988. The minimum absolute atomic E-state index is 0.230. The minimum Gasteiger partial charge on any atom is -0.493 e. The lowest BCUT2D eigenvalue weighted by Crippen LogP contribution is -2.30. The van der Waals surface area contributed by atoms with Crippen molar-refractivity contribution >= 4 is 44.7 Å². The molecule has 0 bridgehead atoms. The van der Waals surface area contributed by atoms with Crippen LogP contribution in [-0.4, -0.2) is 32.2 Å². The molecule has 0 N–H and O–H groups in total. The third-order valence-electron chi connectivity index (χ3n) is 5.22. The first kappa shape index (κ1) is 22.9. The van der Waals surface area contributed by atoms with Gasteiger partial charge in [-0.1, -0.05) is 29.8 Å². The number of pyridine rings is 1. The number of aromatic nitrogens is 1. The van der Waals surface area contributed by atoms with Gasteiger partial charge in [-0.3, -0.25) is 9.69 Å². The molecule has 0 aliphatic heterocycles. The summed E-state index contributed by atoms with van der Waals surface area (Å²) < 4.78 is 17.3. The number of amides is 1. The molecule has 6 nitrogen and oxygen atoms in total. The summed E-state index contributed by atoms with van der Waals surface area (Å²) in [6.07, 6.45) is 1.65. The van der Waals surface area contributed by atoms with E-state index in [9.17, 15) is 4.79 Å². The van der Waals surface area contributed by atoms with Crippen molar-refractivity contribution in [2.24, 2.45) is 0 Å². The van der Waals surface area contributed by atoms with Crippen LogP contribution in [-0.2, 0) is 6.54 Å². The van der Waals surface area contributed by atoms with Gasteiger partial charge in [-0.2, -0.15) is 0 Å². The summed E-state index contributed by atoms with van der Waals surface area (Å²) in [5.41, 5.74) is 1.90. The Bertz CT molecular complexity index is 1280. The van der Waals surface area contributed by atoms with E-state index < -0.39 is 0 Å². The summed E-state index contributed by atoms with van der Waals surface area (Å²) in [6, 6.07) is 15.1. The number of benzene rings is 2.